The van der Waals surface area contributed by atoms with E-state index in [-0.39, 0.29) is 12.0 Å². The summed E-state index contributed by atoms with van der Waals surface area (Å²) in [6.45, 7) is 0. The van der Waals surface area contributed by atoms with Gasteiger partial charge < -0.3 is 10.3 Å². The number of aromatic nitrogens is 2. The molecule has 1 heterocycles. The van der Waals surface area contributed by atoms with Crippen molar-refractivity contribution in [1.82, 2.24) is 15.3 Å². The monoisotopic (exact) mass is 287 g/mol. The van der Waals surface area contributed by atoms with Gasteiger partial charge in [-0.15, -0.1) is 0 Å². The molecular weight excluding hydrogens is 274 g/mol. The molecule has 0 bridgehead atoms. The van der Waals surface area contributed by atoms with Gasteiger partial charge in [0, 0.05) is 30.4 Å². The maximum atomic E-state index is 14.0. The highest BCUT2D eigenvalue weighted by molar-refractivity contribution is 5.31. The average Bonchev–Trinajstić information content (AvgIpc) is 2.88. The first-order chi connectivity index (χ1) is 9.43. The molecule has 0 radical (unpaired) electrons. The number of aromatic amines is 1. The summed E-state index contributed by atoms with van der Waals surface area (Å²) in [4.78, 5) is 6.83. The van der Waals surface area contributed by atoms with Crippen LogP contribution in [0, 0.1) is 5.82 Å². The van der Waals surface area contributed by atoms with Gasteiger partial charge in [0.1, 0.15) is 11.6 Å². The van der Waals surface area contributed by atoms with Crippen molar-refractivity contribution in [2.24, 2.45) is 0 Å². The molecule has 1 unspecified atom stereocenters. The molecule has 0 spiro atoms. The summed E-state index contributed by atoms with van der Waals surface area (Å²) in [5, 5.41) is 2.81. The zero-order chi connectivity index (χ0) is 14.8. The highest BCUT2D eigenvalue weighted by Gasteiger charge is 2.35. The van der Waals surface area contributed by atoms with E-state index in [9.17, 15) is 17.6 Å². The molecule has 1 atom stereocenters. The fraction of sp³-hybridized carbons (Fsp3) is 0.308. The van der Waals surface area contributed by atoms with E-state index in [4.69, 9.17) is 0 Å². The second-order valence-corrected chi connectivity index (χ2v) is 4.29. The Morgan fingerprint density at radius 1 is 1.35 bits per heavy atom. The lowest BCUT2D eigenvalue weighted by Crippen LogP contribution is -2.22. The van der Waals surface area contributed by atoms with Crippen LogP contribution in [0.5, 0.6) is 0 Å². The molecule has 7 heteroatoms. The normalized spacial score (nSPS) is 13.4. The van der Waals surface area contributed by atoms with Gasteiger partial charge in [0.2, 0.25) is 0 Å². The van der Waals surface area contributed by atoms with Crippen LogP contribution in [-0.2, 0) is 12.6 Å². The van der Waals surface area contributed by atoms with Gasteiger partial charge in [0.15, 0.2) is 0 Å². The van der Waals surface area contributed by atoms with Crippen molar-refractivity contribution in [2.75, 3.05) is 7.05 Å². The number of H-pyrrole nitrogens is 1. The number of benzene rings is 1. The lowest BCUT2D eigenvalue weighted by Gasteiger charge is -2.18. The van der Waals surface area contributed by atoms with Crippen molar-refractivity contribution < 1.29 is 17.6 Å². The number of imidazole rings is 1. The summed E-state index contributed by atoms with van der Waals surface area (Å²) in [7, 11) is 1.56. The van der Waals surface area contributed by atoms with Crippen LogP contribution in [0.15, 0.2) is 30.6 Å². The highest BCUT2D eigenvalue weighted by atomic mass is 19.4. The molecule has 108 valence electrons. The van der Waals surface area contributed by atoms with Crippen LogP contribution >= 0.6 is 0 Å². The van der Waals surface area contributed by atoms with Gasteiger partial charge in [-0.2, -0.15) is 13.2 Å². The Kier molecular flexibility index (Phi) is 4.08. The van der Waals surface area contributed by atoms with Crippen LogP contribution < -0.4 is 5.32 Å². The van der Waals surface area contributed by atoms with Gasteiger partial charge in [0.25, 0.3) is 0 Å². The van der Waals surface area contributed by atoms with Crippen LogP contribution in [0.3, 0.4) is 0 Å². The van der Waals surface area contributed by atoms with Crippen molar-refractivity contribution in [1.29, 1.82) is 0 Å². The van der Waals surface area contributed by atoms with Gasteiger partial charge >= 0.3 is 6.18 Å². The van der Waals surface area contributed by atoms with Gasteiger partial charge in [0.05, 0.1) is 5.56 Å². The molecule has 2 rings (SSSR count). The maximum absolute atomic E-state index is 14.0. The van der Waals surface area contributed by atoms with Crippen LogP contribution in [0.1, 0.15) is 23.0 Å². The van der Waals surface area contributed by atoms with E-state index in [0.29, 0.717) is 5.82 Å². The molecule has 0 saturated heterocycles. The molecular formula is C13H13F4N3. The summed E-state index contributed by atoms with van der Waals surface area (Å²) in [6, 6.07) is 2.68. The highest BCUT2D eigenvalue weighted by Crippen LogP contribution is 2.34. The van der Waals surface area contributed by atoms with E-state index in [2.05, 4.69) is 15.3 Å². The Balaban J connectivity index is 2.35. The summed E-state index contributed by atoms with van der Waals surface area (Å²) in [5.74, 6) is -0.674. The molecule has 0 amide bonds. The van der Waals surface area contributed by atoms with Crippen LogP contribution in [-0.4, -0.2) is 17.0 Å². The van der Waals surface area contributed by atoms with Crippen molar-refractivity contribution in [3.05, 3.63) is 53.4 Å². The summed E-state index contributed by atoms with van der Waals surface area (Å²) >= 11 is 0. The van der Waals surface area contributed by atoms with Gasteiger partial charge in [-0.05, 0) is 13.1 Å². The largest absolute Gasteiger partial charge is 0.419 e. The summed E-state index contributed by atoms with van der Waals surface area (Å²) in [6.07, 6.45) is -1.31. The van der Waals surface area contributed by atoms with Crippen molar-refractivity contribution >= 4 is 0 Å². The Morgan fingerprint density at radius 2 is 2.10 bits per heavy atom. The third kappa shape index (κ3) is 2.98. The fourth-order valence-electron chi connectivity index (χ4n) is 2.01. The van der Waals surface area contributed by atoms with Gasteiger partial charge in [-0.25, -0.2) is 9.37 Å². The second kappa shape index (κ2) is 5.62. The average molecular weight is 287 g/mol. The lowest BCUT2D eigenvalue weighted by atomic mass is 10.00. The van der Waals surface area contributed by atoms with E-state index in [1.165, 1.54) is 18.3 Å². The van der Waals surface area contributed by atoms with E-state index >= 15 is 0 Å². The van der Waals surface area contributed by atoms with Crippen LogP contribution in [0.25, 0.3) is 0 Å². The van der Waals surface area contributed by atoms with Crippen molar-refractivity contribution in [2.45, 2.75) is 18.6 Å². The first-order valence-corrected chi connectivity index (χ1v) is 5.94. The molecule has 1 aromatic carbocycles. The second-order valence-electron chi connectivity index (χ2n) is 4.29. The van der Waals surface area contributed by atoms with Gasteiger partial charge in [-0.1, -0.05) is 12.1 Å². The number of nitrogens with one attached hydrogen (secondary N) is 2. The van der Waals surface area contributed by atoms with E-state index < -0.39 is 23.6 Å². The zero-order valence-electron chi connectivity index (χ0n) is 10.6. The quantitative estimate of drug-likeness (QED) is 0.848. The predicted molar refractivity (Wildman–Crippen MR) is 65.5 cm³/mol. The third-order valence-corrected chi connectivity index (χ3v) is 3.01. The molecule has 0 aliphatic rings. The standard InChI is InChI=1S/C13H13F4N3/c1-18-10(7-11-19-5-6-20-11)8-3-2-4-9(12(8)14)13(15,16)17/h2-6,10,18H,7H2,1H3,(H,19,20). The number of alkyl halides is 3. The Morgan fingerprint density at radius 3 is 2.65 bits per heavy atom. The molecule has 20 heavy (non-hydrogen) atoms. The maximum Gasteiger partial charge on any atom is 0.419 e. The third-order valence-electron chi connectivity index (χ3n) is 3.01. The first-order valence-electron chi connectivity index (χ1n) is 5.94. The molecule has 0 fully saturated rings. The predicted octanol–water partition coefficient (Wildman–Crippen LogP) is 3.07. The van der Waals surface area contributed by atoms with E-state index in [1.807, 2.05) is 0 Å². The number of likely N-dealkylation sites (N-methyl/N-ethyl adjacent to an activating group) is 1. The molecule has 1 aromatic heterocycles. The van der Waals surface area contributed by atoms with E-state index in [0.717, 1.165) is 6.07 Å². The Bertz CT molecular complexity index is 563. The number of nitrogens with zero attached hydrogens (tertiary/aromatic N) is 1. The Hall–Kier alpha value is -1.89. The number of hydrogen-bond donors (Lipinski definition) is 2. The molecule has 0 aliphatic carbocycles. The summed E-state index contributed by atoms with van der Waals surface area (Å²) < 4.78 is 52.1. The molecule has 0 saturated carbocycles. The van der Waals surface area contributed by atoms with Crippen molar-refractivity contribution in [3.63, 3.8) is 0 Å². The minimum absolute atomic E-state index is 0.0290. The van der Waals surface area contributed by atoms with Crippen LogP contribution in [0.2, 0.25) is 0 Å². The number of hydrogen-bond acceptors (Lipinski definition) is 2. The molecule has 2 N–H and O–H groups in total. The van der Waals surface area contributed by atoms with Gasteiger partial charge in [-0.3, -0.25) is 0 Å². The smallest absolute Gasteiger partial charge is 0.349 e. The minimum Gasteiger partial charge on any atom is -0.349 e. The molecule has 3 nitrogen and oxygen atoms in total. The molecule has 0 aliphatic heterocycles. The van der Waals surface area contributed by atoms with Crippen molar-refractivity contribution in [3.8, 4) is 0 Å². The number of rotatable bonds is 4. The first kappa shape index (κ1) is 14.5. The molecule has 2 aromatic rings. The van der Waals surface area contributed by atoms with Crippen LogP contribution in [0.4, 0.5) is 17.6 Å². The zero-order valence-corrected chi connectivity index (χ0v) is 10.6. The Labute approximate surface area is 113 Å². The SMILES string of the molecule is CNC(Cc1ncc[nH]1)c1cccc(C(F)(F)F)c1F. The van der Waals surface area contributed by atoms with E-state index in [1.54, 1.807) is 13.2 Å². The minimum atomic E-state index is -4.71. The summed E-state index contributed by atoms with van der Waals surface area (Å²) in [5.41, 5.74) is -1.28. The topological polar surface area (TPSA) is 40.7 Å². The lowest BCUT2D eigenvalue weighted by molar-refractivity contribution is -0.140. The number of halogens is 4. The fourth-order valence-corrected chi connectivity index (χ4v) is 2.01.